The molecule has 1 aromatic rings. The van der Waals surface area contributed by atoms with E-state index in [0.29, 0.717) is 31.5 Å². The van der Waals surface area contributed by atoms with Gasteiger partial charge in [-0.1, -0.05) is 19.1 Å². The topological polar surface area (TPSA) is 54.5 Å². The average Bonchev–Trinajstić information content (AvgIpc) is 2.60. The van der Waals surface area contributed by atoms with Gasteiger partial charge in [0.2, 0.25) is 5.91 Å². The zero-order valence-electron chi connectivity index (χ0n) is 16.6. The Morgan fingerprint density at radius 3 is 2.32 bits per heavy atom. The van der Waals surface area contributed by atoms with Crippen LogP contribution in [-0.4, -0.2) is 43.3 Å². The van der Waals surface area contributed by atoms with Gasteiger partial charge < -0.3 is 4.90 Å². The fourth-order valence-electron chi connectivity index (χ4n) is 3.48. The zero-order valence-corrected chi connectivity index (χ0v) is 17.4. The monoisotopic (exact) mass is 419 g/mol. The third-order valence-corrected chi connectivity index (χ3v) is 7.74. The number of halogens is 3. The minimum atomic E-state index is -4.40. The predicted molar refractivity (Wildman–Crippen MR) is 103 cm³/mol. The molecule has 1 aliphatic heterocycles. The Morgan fingerprint density at radius 2 is 1.82 bits per heavy atom. The molecule has 28 heavy (non-hydrogen) atoms. The summed E-state index contributed by atoms with van der Waals surface area (Å²) in [5.41, 5.74) is 0.105. The lowest BCUT2D eigenvalue weighted by Gasteiger charge is -2.32. The Morgan fingerprint density at radius 1 is 1.21 bits per heavy atom. The maximum Gasteiger partial charge on any atom is 0.416 e. The summed E-state index contributed by atoms with van der Waals surface area (Å²) in [6, 6.07) is 3.87. The number of rotatable bonds is 6. The summed E-state index contributed by atoms with van der Waals surface area (Å²) >= 11 is 0. The van der Waals surface area contributed by atoms with Gasteiger partial charge in [-0.3, -0.25) is 4.79 Å². The number of sulfone groups is 1. The van der Waals surface area contributed by atoms with Gasteiger partial charge >= 0.3 is 6.18 Å². The van der Waals surface area contributed by atoms with Crippen molar-refractivity contribution in [2.45, 2.75) is 57.9 Å². The lowest BCUT2D eigenvalue weighted by molar-refractivity contribution is -0.138. The Hall–Kier alpha value is -1.57. The minimum absolute atomic E-state index is 0.0502. The molecule has 8 heteroatoms. The molecule has 4 nitrogen and oxygen atoms in total. The van der Waals surface area contributed by atoms with Gasteiger partial charge in [-0.2, -0.15) is 13.2 Å². The van der Waals surface area contributed by atoms with Crippen molar-refractivity contribution >= 4 is 15.7 Å². The molecule has 1 aliphatic rings. The van der Waals surface area contributed by atoms with E-state index in [1.54, 1.807) is 25.7 Å². The molecule has 1 aromatic carbocycles. The number of amides is 1. The highest BCUT2D eigenvalue weighted by Gasteiger charge is 2.33. The predicted octanol–water partition coefficient (Wildman–Crippen LogP) is 3.87. The molecule has 0 saturated carbocycles. The third-order valence-electron chi connectivity index (χ3n) is 5.36. The van der Waals surface area contributed by atoms with E-state index in [1.165, 1.54) is 12.1 Å². The largest absolute Gasteiger partial charge is 0.416 e. The molecule has 1 heterocycles. The fourth-order valence-corrected chi connectivity index (χ4v) is 4.86. The third kappa shape index (κ3) is 5.72. The Balaban J connectivity index is 1.96. The van der Waals surface area contributed by atoms with Crippen molar-refractivity contribution in [3.05, 3.63) is 34.9 Å². The highest BCUT2D eigenvalue weighted by atomic mass is 32.2. The molecule has 1 saturated heterocycles. The van der Waals surface area contributed by atoms with E-state index in [-0.39, 0.29) is 36.0 Å². The number of piperidine rings is 1. The van der Waals surface area contributed by atoms with Crippen molar-refractivity contribution in [2.24, 2.45) is 5.92 Å². The quantitative estimate of drug-likeness (QED) is 0.703. The SMILES string of the molecule is CCc1cc(CC(=O)N2CCC(CS(=O)(=O)C(C)C)CC2)ccc1C(F)(F)F. The summed E-state index contributed by atoms with van der Waals surface area (Å²) in [6.45, 7) is 5.97. The van der Waals surface area contributed by atoms with Crippen LogP contribution in [0.4, 0.5) is 13.2 Å². The van der Waals surface area contributed by atoms with Crippen LogP contribution in [0.15, 0.2) is 18.2 Å². The highest BCUT2D eigenvalue weighted by Crippen LogP contribution is 2.33. The molecule has 2 rings (SSSR count). The summed E-state index contributed by atoms with van der Waals surface area (Å²) in [7, 11) is -3.10. The maximum absolute atomic E-state index is 13.0. The van der Waals surface area contributed by atoms with Gasteiger partial charge in [-0.15, -0.1) is 0 Å². The van der Waals surface area contributed by atoms with Crippen LogP contribution < -0.4 is 0 Å². The van der Waals surface area contributed by atoms with Crippen molar-refractivity contribution in [2.75, 3.05) is 18.8 Å². The van der Waals surface area contributed by atoms with Crippen molar-refractivity contribution < 1.29 is 26.4 Å². The van der Waals surface area contributed by atoms with E-state index in [1.807, 2.05) is 0 Å². The Labute approximate surface area is 165 Å². The number of hydrogen-bond acceptors (Lipinski definition) is 3. The Kier molecular flexibility index (Phi) is 7.17. The van der Waals surface area contributed by atoms with E-state index in [0.717, 1.165) is 6.07 Å². The van der Waals surface area contributed by atoms with Gasteiger partial charge in [-0.05, 0) is 56.2 Å². The molecule has 0 spiro atoms. The highest BCUT2D eigenvalue weighted by molar-refractivity contribution is 7.91. The van der Waals surface area contributed by atoms with Gasteiger partial charge in [-0.25, -0.2) is 8.42 Å². The van der Waals surface area contributed by atoms with E-state index >= 15 is 0 Å². The summed E-state index contributed by atoms with van der Waals surface area (Å²) in [6.07, 6.45) is -2.84. The molecule has 0 atom stereocenters. The second-order valence-corrected chi connectivity index (χ2v) is 10.3. The van der Waals surface area contributed by atoms with Crippen molar-refractivity contribution in [3.63, 3.8) is 0 Å². The number of aryl methyl sites for hydroxylation is 1. The summed E-state index contributed by atoms with van der Waals surface area (Å²) in [4.78, 5) is 14.2. The lowest BCUT2D eigenvalue weighted by atomic mass is 9.97. The number of nitrogens with zero attached hydrogens (tertiary/aromatic N) is 1. The molecule has 0 aliphatic carbocycles. The minimum Gasteiger partial charge on any atom is -0.342 e. The molecule has 0 radical (unpaired) electrons. The van der Waals surface area contributed by atoms with Crippen molar-refractivity contribution in [3.8, 4) is 0 Å². The average molecular weight is 420 g/mol. The van der Waals surface area contributed by atoms with Crippen LogP contribution in [0, 0.1) is 5.92 Å². The van der Waals surface area contributed by atoms with Crippen LogP contribution in [0.5, 0.6) is 0 Å². The van der Waals surface area contributed by atoms with Crippen LogP contribution in [0.25, 0.3) is 0 Å². The van der Waals surface area contributed by atoms with Gasteiger partial charge in [0.05, 0.1) is 23.0 Å². The van der Waals surface area contributed by atoms with Gasteiger partial charge in [0.25, 0.3) is 0 Å². The van der Waals surface area contributed by atoms with E-state index in [2.05, 4.69) is 0 Å². The summed E-state index contributed by atoms with van der Waals surface area (Å²) < 4.78 is 63.1. The van der Waals surface area contributed by atoms with Crippen molar-refractivity contribution in [1.82, 2.24) is 4.90 Å². The van der Waals surface area contributed by atoms with Crippen LogP contribution >= 0.6 is 0 Å². The van der Waals surface area contributed by atoms with Crippen LogP contribution in [-0.2, 0) is 33.6 Å². The smallest absolute Gasteiger partial charge is 0.342 e. The Bertz CT molecular complexity index is 795. The van der Waals surface area contributed by atoms with Gasteiger partial charge in [0.15, 0.2) is 9.84 Å². The van der Waals surface area contributed by atoms with Crippen molar-refractivity contribution in [1.29, 1.82) is 0 Å². The number of benzene rings is 1. The molecule has 0 aromatic heterocycles. The summed E-state index contributed by atoms with van der Waals surface area (Å²) in [5, 5.41) is -0.403. The van der Waals surface area contributed by atoms with E-state index < -0.39 is 26.8 Å². The summed E-state index contributed by atoms with van der Waals surface area (Å²) in [5.74, 6) is 0.0621. The van der Waals surface area contributed by atoms with Crippen LogP contribution in [0.3, 0.4) is 0 Å². The van der Waals surface area contributed by atoms with Gasteiger partial charge in [0.1, 0.15) is 0 Å². The second kappa shape index (κ2) is 8.84. The number of alkyl halides is 3. The zero-order chi connectivity index (χ0) is 21.1. The first-order chi connectivity index (χ1) is 12.9. The first kappa shape index (κ1) is 22.7. The molecule has 1 fully saturated rings. The molecular weight excluding hydrogens is 391 g/mol. The van der Waals surface area contributed by atoms with E-state index in [9.17, 15) is 26.4 Å². The standard InChI is InChI=1S/C20H28F3NO3S/c1-4-17-11-16(5-6-18(17)20(21,22)23)12-19(25)24-9-7-15(8-10-24)13-28(26,27)14(2)3/h5-6,11,14-15H,4,7-10,12-13H2,1-3H3. The van der Waals surface area contributed by atoms with Gasteiger partial charge in [0, 0.05) is 13.1 Å². The number of carbonyl (C=O) groups is 1. The van der Waals surface area contributed by atoms with Crippen LogP contribution in [0.2, 0.25) is 0 Å². The molecule has 158 valence electrons. The lowest BCUT2D eigenvalue weighted by Crippen LogP contribution is -2.41. The normalized spacial score (nSPS) is 16.6. The second-order valence-electron chi connectivity index (χ2n) is 7.72. The first-order valence-electron chi connectivity index (χ1n) is 9.62. The molecular formula is C20H28F3NO3S. The molecule has 1 amide bonds. The fraction of sp³-hybridized carbons (Fsp3) is 0.650. The molecule has 0 bridgehead atoms. The number of likely N-dealkylation sites (tertiary alicyclic amines) is 1. The number of carbonyl (C=O) groups excluding carboxylic acids is 1. The molecule has 0 N–H and O–H groups in total. The molecule has 0 unspecified atom stereocenters. The van der Waals surface area contributed by atoms with E-state index in [4.69, 9.17) is 0 Å². The first-order valence-corrected chi connectivity index (χ1v) is 11.3. The van der Waals surface area contributed by atoms with Crippen LogP contribution in [0.1, 0.15) is 50.3 Å². The number of hydrogen-bond donors (Lipinski definition) is 0. The maximum atomic E-state index is 13.0.